The van der Waals surface area contributed by atoms with Crippen molar-refractivity contribution in [3.63, 3.8) is 0 Å². The Hall–Kier alpha value is -2.17. The Labute approximate surface area is 123 Å². The Morgan fingerprint density at radius 3 is 2.95 bits per heavy atom. The van der Waals surface area contributed by atoms with E-state index in [1.807, 2.05) is 24.6 Å². The second-order valence-electron chi connectivity index (χ2n) is 5.02. The van der Waals surface area contributed by atoms with Crippen molar-refractivity contribution in [2.75, 3.05) is 6.54 Å². The summed E-state index contributed by atoms with van der Waals surface area (Å²) in [4.78, 5) is 16.2. The molecule has 0 spiro atoms. The molecule has 0 unspecified atom stereocenters. The van der Waals surface area contributed by atoms with Crippen molar-refractivity contribution in [3.8, 4) is 0 Å². The highest BCUT2D eigenvalue weighted by atomic mass is 19.1. The van der Waals surface area contributed by atoms with Gasteiger partial charge in [-0.25, -0.2) is 9.37 Å². The Bertz CT molecular complexity index is 688. The van der Waals surface area contributed by atoms with Crippen LogP contribution in [0.15, 0.2) is 29.8 Å². The standard InChI is InChI=1S/C16H20FN3O/c1-4-5-11(2)16(21)18-9-8-15-19-13-7-6-12(17)10-14(13)20(15)3/h5-7,10H,4,8-9H2,1-3H3,(H,18,21)/b11-5-. The fourth-order valence-electron chi connectivity index (χ4n) is 2.26. The zero-order valence-electron chi connectivity index (χ0n) is 12.6. The summed E-state index contributed by atoms with van der Waals surface area (Å²) in [5.41, 5.74) is 2.25. The van der Waals surface area contributed by atoms with E-state index in [2.05, 4.69) is 10.3 Å². The highest BCUT2D eigenvalue weighted by Gasteiger charge is 2.09. The van der Waals surface area contributed by atoms with Gasteiger partial charge in [-0.3, -0.25) is 4.79 Å². The van der Waals surface area contributed by atoms with Gasteiger partial charge in [-0.15, -0.1) is 0 Å². The molecule has 5 heteroatoms. The van der Waals surface area contributed by atoms with E-state index in [1.54, 1.807) is 13.0 Å². The smallest absolute Gasteiger partial charge is 0.246 e. The maximum absolute atomic E-state index is 13.2. The first-order valence-corrected chi connectivity index (χ1v) is 7.08. The van der Waals surface area contributed by atoms with Gasteiger partial charge in [-0.05, 0) is 31.5 Å². The van der Waals surface area contributed by atoms with Gasteiger partial charge in [-0.1, -0.05) is 13.0 Å². The molecule has 21 heavy (non-hydrogen) atoms. The minimum absolute atomic E-state index is 0.0540. The normalized spacial score (nSPS) is 11.9. The first-order valence-electron chi connectivity index (χ1n) is 7.08. The number of rotatable bonds is 5. The van der Waals surface area contributed by atoms with Gasteiger partial charge in [0.05, 0.1) is 11.0 Å². The van der Waals surface area contributed by atoms with E-state index in [9.17, 15) is 9.18 Å². The maximum Gasteiger partial charge on any atom is 0.246 e. The van der Waals surface area contributed by atoms with Crippen LogP contribution in [-0.2, 0) is 18.3 Å². The maximum atomic E-state index is 13.2. The summed E-state index contributed by atoms with van der Waals surface area (Å²) >= 11 is 0. The molecule has 112 valence electrons. The number of nitrogens with one attached hydrogen (secondary N) is 1. The zero-order chi connectivity index (χ0) is 15.4. The Kier molecular flexibility index (Phi) is 4.73. The molecule has 0 saturated heterocycles. The molecule has 1 aromatic carbocycles. The number of aryl methyl sites for hydroxylation is 1. The fourth-order valence-corrected chi connectivity index (χ4v) is 2.26. The van der Waals surface area contributed by atoms with Crippen LogP contribution in [0.25, 0.3) is 11.0 Å². The van der Waals surface area contributed by atoms with Gasteiger partial charge in [0.1, 0.15) is 11.6 Å². The molecule has 1 N–H and O–H groups in total. The van der Waals surface area contributed by atoms with Crippen molar-refractivity contribution in [2.24, 2.45) is 7.05 Å². The monoisotopic (exact) mass is 289 g/mol. The third kappa shape index (κ3) is 3.48. The van der Waals surface area contributed by atoms with Crippen LogP contribution in [0.3, 0.4) is 0 Å². The molecule has 0 saturated carbocycles. The minimum atomic E-state index is -0.273. The number of benzene rings is 1. The molecule has 0 aliphatic heterocycles. The van der Waals surface area contributed by atoms with Crippen molar-refractivity contribution >= 4 is 16.9 Å². The van der Waals surface area contributed by atoms with Crippen molar-refractivity contribution in [1.29, 1.82) is 0 Å². The van der Waals surface area contributed by atoms with Crippen molar-refractivity contribution in [3.05, 3.63) is 41.5 Å². The Morgan fingerprint density at radius 2 is 2.24 bits per heavy atom. The summed E-state index contributed by atoms with van der Waals surface area (Å²) in [5, 5.41) is 2.86. The van der Waals surface area contributed by atoms with E-state index in [4.69, 9.17) is 0 Å². The highest BCUT2D eigenvalue weighted by molar-refractivity contribution is 5.92. The number of hydrogen-bond acceptors (Lipinski definition) is 2. The topological polar surface area (TPSA) is 46.9 Å². The molecule has 1 amide bonds. The van der Waals surface area contributed by atoms with Gasteiger partial charge in [0.15, 0.2) is 0 Å². The van der Waals surface area contributed by atoms with Crippen LogP contribution in [0, 0.1) is 5.82 Å². The van der Waals surface area contributed by atoms with E-state index in [1.165, 1.54) is 12.1 Å². The van der Waals surface area contributed by atoms with Crippen LogP contribution in [0.5, 0.6) is 0 Å². The molecular formula is C16H20FN3O. The van der Waals surface area contributed by atoms with Gasteiger partial charge in [0.25, 0.3) is 0 Å². The lowest BCUT2D eigenvalue weighted by Crippen LogP contribution is -2.27. The average molecular weight is 289 g/mol. The van der Waals surface area contributed by atoms with E-state index in [0.29, 0.717) is 13.0 Å². The van der Waals surface area contributed by atoms with Gasteiger partial charge >= 0.3 is 0 Å². The molecule has 0 bridgehead atoms. The summed E-state index contributed by atoms with van der Waals surface area (Å²) in [7, 11) is 1.86. The second-order valence-corrected chi connectivity index (χ2v) is 5.02. The number of aromatic nitrogens is 2. The number of amides is 1. The van der Waals surface area contributed by atoms with Gasteiger partial charge in [-0.2, -0.15) is 0 Å². The predicted octanol–water partition coefficient (Wildman–Crippen LogP) is 2.73. The number of allylic oxidation sites excluding steroid dienone is 1. The zero-order valence-corrected chi connectivity index (χ0v) is 12.6. The summed E-state index contributed by atoms with van der Waals surface area (Å²) in [5.74, 6) is 0.500. The molecule has 1 aromatic heterocycles. The molecule has 0 radical (unpaired) electrons. The SMILES string of the molecule is CC/C=C(/C)C(=O)NCCc1nc2ccc(F)cc2n1C. The molecule has 0 atom stereocenters. The third-order valence-corrected chi connectivity index (χ3v) is 3.44. The lowest BCUT2D eigenvalue weighted by Gasteiger charge is -2.05. The summed E-state index contributed by atoms with van der Waals surface area (Å²) in [6, 6.07) is 4.54. The largest absolute Gasteiger partial charge is 0.352 e. The molecular weight excluding hydrogens is 269 g/mol. The predicted molar refractivity (Wildman–Crippen MR) is 81.4 cm³/mol. The highest BCUT2D eigenvalue weighted by Crippen LogP contribution is 2.16. The Morgan fingerprint density at radius 1 is 1.48 bits per heavy atom. The van der Waals surface area contributed by atoms with Gasteiger partial charge < -0.3 is 9.88 Å². The molecule has 0 aliphatic carbocycles. The molecule has 2 rings (SSSR count). The molecule has 2 aromatic rings. The van der Waals surface area contributed by atoms with Crippen molar-refractivity contribution in [1.82, 2.24) is 14.9 Å². The van der Waals surface area contributed by atoms with E-state index >= 15 is 0 Å². The number of carbonyl (C=O) groups is 1. The number of fused-ring (bicyclic) bond motifs is 1. The molecule has 4 nitrogen and oxygen atoms in total. The number of carbonyl (C=O) groups excluding carboxylic acids is 1. The first-order chi connectivity index (χ1) is 10.0. The molecule has 0 aliphatic rings. The number of halogens is 1. The summed E-state index contributed by atoms with van der Waals surface area (Å²) in [6.07, 6.45) is 3.35. The number of nitrogens with zero attached hydrogens (tertiary/aromatic N) is 2. The van der Waals surface area contributed by atoms with E-state index in [0.717, 1.165) is 28.9 Å². The number of imidazole rings is 1. The molecule has 1 heterocycles. The van der Waals surface area contributed by atoms with E-state index in [-0.39, 0.29) is 11.7 Å². The van der Waals surface area contributed by atoms with Crippen LogP contribution in [0.1, 0.15) is 26.1 Å². The summed E-state index contributed by atoms with van der Waals surface area (Å²) < 4.78 is 15.1. The van der Waals surface area contributed by atoms with E-state index < -0.39 is 0 Å². The quantitative estimate of drug-likeness (QED) is 0.860. The van der Waals surface area contributed by atoms with Gasteiger partial charge in [0, 0.05) is 25.6 Å². The fraction of sp³-hybridized carbons (Fsp3) is 0.375. The van der Waals surface area contributed by atoms with Crippen molar-refractivity contribution in [2.45, 2.75) is 26.7 Å². The van der Waals surface area contributed by atoms with Gasteiger partial charge in [0.2, 0.25) is 5.91 Å². The average Bonchev–Trinajstić information content (AvgIpc) is 2.76. The lowest BCUT2D eigenvalue weighted by atomic mass is 10.2. The second kappa shape index (κ2) is 6.52. The van der Waals surface area contributed by atoms with Crippen LogP contribution in [0.4, 0.5) is 4.39 Å². The molecule has 0 fully saturated rings. The third-order valence-electron chi connectivity index (χ3n) is 3.44. The number of hydrogen-bond donors (Lipinski definition) is 1. The minimum Gasteiger partial charge on any atom is -0.352 e. The van der Waals surface area contributed by atoms with Crippen LogP contribution < -0.4 is 5.32 Å². The lowest BCUT2D eigenvalue weighted by molar-refractivity contribution is -0.117. The van der Waals surface area contributed by atoms with Crippen LogP contribution >= 0.6 is 0 Å². The Balaban J connectivity index is 2.03. The van der Waals surface area contributed by atoms with Crippen molar-refractivity contribution < 1.29 is 9.18 Å². The first kappa shape index (κ1) is 15.2. The summed E-state index contributed by atoms with van der Waals surface area (Å²) in [6.45, 7) is 4.30. The van der Waals surface area contributed by atoms with Crippen LogP contribution in [0.2, 0.25) is 0 Å². The van der Waals surface area contributed by atoms with Crippen LogP contribution in [-0.4, -0.2) is 22.0 Å².